The molecule has 0 rings (SSSR count). The van der Waals surface area contributed by atoms with Crippen LogP contribution in [0.1, 0.15) is 26.2 Å². The lowest BCUT2D eigenvalue weighted by molar-refractivity contribution is 0.227. The van der Waals surface area contributed by atoms with Gasteiger partial charge in [0.15, 0.2) is 0 Å². The normalized spacial score (nSPS) is 13.4. The smallest absolute Gasteiger partial charge is 0.0764 e. The fraction of sp³-hybridized carbons (Fsp3) is 0.429. The second kappa shape index (κ2) is 11.8. The van der Waals surface area contributed by atoms with E-state index >= 15 is 0 Å². The van der Waals surface area contributed by atoms with E-state index in [9.17, 15) is 5.11 Å². The molecule has 0 aliphatic rings. The highest BCUT2D eigenvalue weighted by molar-refractivity contribution is 5.23. The lowest BCUT2D eigenvalue weighted by Gasteiger charge is -1.98. The number of aliphatic hydroxyl groups excluding tert-OH is 2. The summed E-state index contributed by atoms with van der Waals surface area (Å²) in [6.07, 6.45) is 12.6. The van der Waals surface area contributed by atoms with Gasteiger partial charge in [0.05, 0.1) is 6.10 Å². The van der Waals surface area contributed by atoms with Crippen molar-refractivity contribution in [2.45, 2.75) is 32.3 Å². The summed E-state index contributed by atoms with van der Waals surface area (Å²) < 4.78 is 0. The quantitative estimate of drug-likeness (QED) is 0.409. The molecule has 0 aliphatic heterocycles. The molecule has 88 valence electrons. The maximum atomic E-state index is 9.49. The van der Waals surface area contributed by atoms with E-state index in [1.807, 2.05) is 25.2 Å². The monoisotopic (exact) mass is 220 g/mol. The summed E-state index contributed by atoms with van der Waals surface area (Å²) >= 11 is 0. The van der Waals surface area contributed by atoms with Crippen molar-refractivity contribution >= 4 is 0 Å². The Morgan fingerprint density at radius 1 is 1.19 bits per heavy atom. The van der Waals surface area contributed by atoms with Crippen molar-refractivity contribution in [3.63, 3.8) is 0 Å². The van der Waals surface area contributed by atoms with Crippen molar-refractivity contribution in [2.24, 2.45) is 0 Å². The molecule has 0 saturated heterocycles. The fourth-order valence-corrected chi connectivity index (χ4v) is 0.980. The molecule has 0 fully saturated rings. The lowest BCUT2D eigenvalue weighted by atomic mass is 10.2. The largest absolute Gasteiger partial charge is 0.396 e. The van der Waals surface area contributed by atoms with Crippen molar-refractivity contribution in [2.75, 3.05) is 6.61 Å². The summed E-state index contributed by atoms with van der Waals surface area (Å²) in [6, 6.07) is 0. The topological polar surface area (TPSA) is 40.5 Å². The van der Waals surface area contributed by atoms with Crippen molar-refractivity contribution in [1.29, 1.82) is 0 Å². The van der Waals surface area contributed by atoms with Gasteiger partial charge in [-0.2, -0.15) is 0 Å². The standard InChI is InChI=1S/C14H20O2/c1-2-3-4-5-8-11-14(16)12-9-6-7-10-13-15/h2-3,6,8-9,11,14-16H,7,10,12-13H2,1H3. The van der Waals surface area contributed by atoms with Gasteiger partial charge in [-0.1, -0.05) is 30.1 Å². The first-order valence-corrected chi connectivity index (χ1v) is 5.54. The molecule has 0 aromatic carbocycles. The van der Waals surface area contributed by atoms with E-state index in [2.05, 4.69) is 11.8 Å². The summed E-state index contributed by atoms with van der Waals surface area (Å²) in [5.41, 5.74) is 0. The molecule has 0 amide bonds. The summed E-state index contributed by atoms with van der Waals surface area (Å²) in [7, 11) is 0. The van der Waals surface area contributed by atoms with Gasteiger partial charge in [0.2, 0.25) is 0 Å². The van der Waals surface area contributed by atoms with E-state index in [1.165, 1.54) is 0 Å². The summed E-state index contributed by atoms with van der Waals surface area (Å²) in [6.45, 7) is 2.12. The third-order valence-corrected chi connectivity index (χ3v) is 1.81. The Balaban J connectivity index is 3.70. The van der Waals surface area contributed by atoms with Gasteiger partial charge >= 0.3 is 0 Å². The van der Waals surface area contributed by atoms with Crippen LogP contribution in [0.5, 0.6) is 0 Å². The Kier molecular flexibility index (Phi) is 10.8. The number of allylic oxidation sites excluding steroid dienone is 4. The van der Waals surface area contributed by atoms with Crippen molar-refractivity contribution in [1.82, 2.24) is 0 Å². The van der Waals surface area contributed by atoms with Crippen LogP contribution in [0.15, 0.2) is 36.5 Å². The number of hydrogen-bond donors (Lipinski definition) is 2. The van der Waals surface area contributed by atoms with Gasteiger partial charge in [0.25, 0.3) is 0 Å². The van der Waals surface area contributed by atoms with Crippen LogP contribution in [-0.2, 0) is 0 Å². The second-order valence-corrected chi connectivity index (χ2v) is 3.29. The molecule has 16 heavy (non-hydrogen) atoms. The maximum absolute atomic E-state index is 9.49. The summed E-state index contributed by atoms with van der Waals surface area (Å²) in [4.78, 5) is 0. The van der Waals surface area contributed by atoms with Crippen molar-refractivity contribution < 1.29 is 10.2 Å². The van der Waals surface area contributed by atoms with Crippen molar-refractivity contribution in [3.8, 4) is 11.8 Å². The summed E-state index contributed by atoms with van der Waals surface area (Å²) in [5, 5.41) is 18.0. The highest BCUT2D eigenvalue weighted by atomic mass is 16.3. The van der Waals surface area contributed by atoms with Crippen LogP contribution in [0.2, 0.25) is 0 Å². The average Bonchev–Trinajstić information content (AvgIpc) is 2.28. The first-order chi connectivity index (χ1) is 7.81. The first-order valence-electron chi connectivity index (χ1n) is 5.54. The molecule has 2 nitrogen and oxygen atoms in total. The van der Waals surface area contributed by atoms with Crippen molar-refractivity contribution in [3.05, 3.63) is 36.5 Å². The molecular weight excluding hydrogens is 200 g/mol. The predicted molar refractivity (Wildman–Crippen MR) is 67.8 cm³/mol. The average molecular weight is 220 g/mol. The zero-order chi connectivity index (χ0) is 12.1. The predicted octanol–water partition coefficient (Wildman–Crippen LogP) is 2.20. The van der Waals surface area contributed by atoms with E-state index < -0.39 is 6.10 Å². The fourth-order valence-electron chi connectivity index (χ4n) is 0.980. The van der Waals surface area contributed by atoms with Crippen LogP contribution in [0.3, 0.4) is 0 Å². The Morgan fingerprint density at radius 3 is 2.62 bits per heavy atom. The van der Waals surface area contributed by atoms with Crippen LogP contribution in [0, 0.1) is 11.8 Å². The third kappa shape index (κ3) is 10.8. The number of unbranched alkanes of at least 4 members (excludes halogenated alkanes) is 1. The Morgan fingerprint density at radius 2 is 1.94 bits per heavy atom. The molecular formula is C14H20O2. The van der Waals surface area contributed by atoms with Gasteiger partial charge in [0.1, 0.15) is 0 Å². The van der Waals surface area contributed by atoms with Gasteiger partial charge in [0, 0.05) is 6.61 Å². The van der Waals surface area contributed by atoms with Crippen LogP contribution in [-0.4, -0.2) is 22.9 Å². The van der Waals surface area contributed by atoms with E-state index in [0.29, 0.717) is 6.42 Å². The van der Waals surface area contributed by atoms with E-state index in [-0.39, 0.29) is 6.61 Å². The SMILES string of the molecule is CC=CC#CC=CC(O)CC=CCCCO. The highest BCUT2D eigenvalue weighted by Gasteiger charge is 1.92. The molecule has 0 heterocycles. The van der Waals surface area contributed by atoms with Gasteiger partial charge in [-0.3, -0.25) is 0 Å². The molecule has 0 radical (unpaired) electrons. The molecule has 2 N–H and O–H groups in total. The molecule has 0 aliphatic carbocycles. The van der Waals surface area contributed by atoms with E-state index in [1.54, 1.807) is 18.2 Å². The molecule has 1 atom stereocenters. The van der Waals surface area contributed by atoms with Crippen LogP contribution >= 0.6 is 0 Å². The lowest BCUT2D eigenvalue weighted by Crippen LogP contribution is -1.98. The van der Waals surface area contributed by atoms with E-state index in [4.69, 9.17) is 5.11 Å². The number of rotatable bonds is 6. The Labute approximate surface area is 98.0 Å². The van der Waals surface area contributed by atoms with E-state index in [0.717, 1.165) is 12.8 Å². The van der Waals surface area contributed by atoms with Crippen LogP contribution in [0.4, 0.5) is 0 Å². The molecule has 0 bridgehead atoms. The van der Waals surface area contributed by atoms with Gasteiger partial charge in [-0.15, -0.1) is 0 Å². The van der Waals surface area contributed by atoms with Crippen LogP contribution in [0.25, 0.3) is 0 Å². The minimum atomic E-state index is -0.481. The van der Waals surface area contributed by atoms with Gasteiger partial charge < -0.3 is 10.2 Å². The zero-order valence-electron chi connectivity index (χ0n) is 9.76. The molecule has 0 aromatic heterocycles. The highest BCUT2D eigenvalue weighted by Crippen LogP contribution is 1.97. The molecule has 0 spiro atoms. The number of aliphatic hydroxyl groups is 2. The molecule has 0 saturated carbocycles. The molecule has 2 heteroatoms. The Hall–Kier alpha value is -1.30. The zero-order valence-corrected chi connectivity index (χ0v) is 9.76. The Bertz CT molecular complexity index is 290. The molecule has 0 aromatic rings. The van der Waals surface area contributed by atoms with Crippen LogP contribution < -0.4 is 0 Å². The second-order valence-electron chi connectivity index (χ2n) is 3.29. The van der Waals surface area contributed by atoms with Gasteiger partial charge in [-0.25, -0.2) is 0 Å². The minimum absolute atomic E-state index is 0.216. The first kappa shape index (κ1) is 14.7. The number of hydrogen-bond acceptors (Lipinski definition) is 2. The molecule has 1 unspecified atom stereocenters. The minimum Gasteiger partial charge on any atom is -0.396 e. The summed E-state index contributed by atoms with van der Waals surface area (Å²) in [5.74, 6) is 5.59. The third-order valence-electron chi connectivity index (χ3n) is 1.81. The maximum Gasteiger partial charge on any atom is 0.0764 e. The van der Waals surface area contributed by atoms with Gasteiger partial charge in [-0.05, 0) is 44.4 Å².